The van der Waals surface area contributed by atoms with E-state index in [9.17, 15) is 14.4 Å². The van der Waals surface area contributed by atoms with Crippen LogP contribution in [0.3, 0.4) is 0 Å². The summed E-state index contributed by atoms with van der Waals surface area (Å²) < 4.78 is 9.49. The van der Waals surface area contributed by atoms with Crippen molar-refractivity contribution in [2.45, 2.75) is 26.7 Å². The first-order chi connectivity index (χ1) is 10.9. The molecule has 0 fully saturated rings. The molecule has 0 saturated heterocycles. The van der Waals surface area contributed by atoms with Crippen molar-refractivity contribution in [1.82, 2.24) is 0 Å². The molecule has 0 aliphatic carbocycles. The Balaban J connectivity index is 2.84. The van der Waals surface area contributed by atoms with Crippen molar-refractivity contribution in [1.29, 1.82) is 0 Å². The highest BCUT2D eigenvalue weighted by atomic mass is 35.5. The number of rotatable bonds is 7. The fourth-order valence-corrected chi connectivity index (χ4v) is 1.96. The second-order valence-corrected chi connectivity index (χ2v) is 5.36. The SMILES string of the molecule is CCCC(=O)OCOC(=O)/C(=C\c1cccc(Cl)c1Cl)C(C)=O. The Kier molecular flexibility index (Phi) is 7.78. The van der Waals surface area contributed by atoms with E-state index in [4.69, 9.17) is 32.7 Å². The summed E-state index contributed by atoms with van der Waals surface area (Å²) in [7, 11) is 0. The van der Waals surface area contributed by atoms with Crippen molar-refractivity contribution in [3.8, 4) is 0 Å². The fraction of sp³-hybridized carbons (Fsp3) is 0.312. The number of benzene rings is 1. The predicted molar refractivity (Wildman–Crippen MR) is 87.1 cm³/mol. The Bertz CT molecular complexity index is 637. The van der Waals surface area contributed by atoms with E-state index in [0.717, 1.165) is 0 Å². The van der Waals surface area contributed by atoms with Gasteiger partial charge in [-0.1, -0.05) is 42.3 Å². The largest absolute Gasteiger partial charge is 0.428 e. The van der Waals surface area contributed by atoms with Crippen molar-refractivity contribution in [3.05, 3.63) is 39.4 Å². The molecule has 0 aliphatic heterocycles. The molecule has 23 heavy (non-hydrogen) atoms. The lowest BCUT2D eigenvalue weighted by molar-refractivity contribution is -0.164. The molecule has 0 saturated carbocycles. The molecule has 0 heterocycles. The Morgan fingerprint density at radius 2 is 1.87 bits per heavy atom. The molecule has 0 bridgehead atoms. The normalized spacial score (nSPS) is 11.0. The van der Waals surface area contributed by atoms with Crippen LogP contribution in [0.2, 0.25) is 10.0 Å². The van der Waals surface area contributed by atoms with Gasteiger partial charge in [-0.05, 0) is 31.1 Å². The van der Waals surface area contributed by atoms with E-state index >= 15 is 0 Å². The number of halogens is 2. The van der Waals surface area contributed by atoms with E-state index in [1.807, 2.05) is 6.92 Å². The van der Waals surface area contributed by atoms with Gasteiger partial charge in [-0.3, -0.25) is 9.59 Å². The highest BCUT2D eigenvalue weighted by Gasteiger charge is 2.18. The third kappa shape index (κ3) is 6.04. The van der Waals surface area contributed by atoms with E-state index in [2.05, 4.69) is 0 Å². The Labute approximate surface area is 144 Å². The second-order valence-electron chi connectivity index (χ2n) is 4.57. The molecule has 0 aromatic heterocycles. The zero-order chi connectivity index (χ0) is 17.4. The van der Waals surface area contributed by atoms with Gasteiger partial charge in [0.15, 0.2) is 5.78 Å². The summed E-state index contributed by atoms with van der Waals surface area (Å²) >= 11 is 11.9. The van der Waals surface area contributed by atoms with Crippen molar-refractivity contribution >= 4 is 47.0 Å². The molecule has 0 unspecified atom stereocenters. The maximum Gasteiger partial charge on any atom is 0.344 e. The number of carbonyl (C=O) groups excluding carboxylic acids is 3. The monoisotopic (exact) mass is 358 g/mol. The highest BCUT2D eigenvalue weighted by molar-refractivity contribution is 6.43. The van der Waals surface area contributed by atoms with Crippen molar-refractivity contribution in [2.24, 2.45) is 0 Å². The van der Waals surface area contributed by atoms with E-state index in [-0.39, 0.29) is 17.0 Å². The van der Waals surface area contributed by atoms with Gasteiger partial charge in [-0.25, -0.2) is 4.79 Å². The van der Waals surface area contributed by atoms with Crippen LogP contribution in [0, 0.1) is 0 Å². The van der Waals surface area contributed by atoms with Crippen molar-refractivity contribution in [2.75, 3.05) is 6.79 Å². The molecule has 1 aromatic rings. The Morgan fingerprint density at radius 3 is 2.48 bits per heavy atom. The van der Waals surface area contributed by atoms with E-state index in [1.165, 1.54) is 13.0 Å². The van der Waals surface area contributed by atoms with Crippen LogP contribution >= 0.6 is 23.2 Å². The molecule has 1 aromatic carbocycles. The summed E-state index contributed by atoms with van der Waals surface area (Å²) in [4.78, 5) is 34.8. The van der Waals surface area contributed by atoms with Crippen LogP contribution in [-0.2, 0) is 23.9 Å². The van der Waals surface area contributed by atoms with Gasteiger partial charge >= 0.3 is 11.9 Å². The van der Waals surface area contributed by atoms with Crippen LogP contribution < -0.4 is 0 Å². The predicted octanol–water partition coefficient (Wildman–Crippen LogP) is 3.81. The molecular weight excluding hydrogens is 343 g/mol. The topological polar surface area (TPSA) is 69.7 Å². The van der Waals surface area contributed by atoms with Gasteiger partial charge in [0, 0.05) is 6.42 Å². The van der Waals surface area contributed by atoms with E-state index in [1.54, 1.807) is 18.2 Å². The lowest BCUT2D eigenvalue weighted by Crippen LogP contribution is -2.17. The van der Waals surface area contributed by atoms with Crippen LogP contribution in [-0.4, -0.2) is 24.5 Å². The summed E-state index contributed by atoms with van der Waals surface area (Å²) in [6, 6.07) is 4.82. The maximum absolute atomic E-state index is 11.9. The van der Waals surface area contributed by atoms with Gasteiger partial charge in [0.2, 0.25) is 6.79 Å². The minimum atomic E-state index is -0.905. The zero-order valence-corrected chi connectivity index (χ0v) is 14.2. The number of ketones is 1. The molecule has 124 valence electrons. The lowest BCUT2D eigenvalue weighted by atomic mass is 10.1. The van der Waals surface area contributed by atoms with E-state index in [0.29, 0.717) is 17.0 Å². The molecule has 7 heteroatoms. The van der Waals surface area contributed by atoms with Gasteiger partial charge in [-0.2, -0.15) is 0 Å². The number of esters is 2. The van der Waals surface area contributed by atoms with Gasteiger partial charge < -0.3 is 9.47 Å². The van der Waals surface area contributed by atoms with Crippen LogP contribution in [0.5, 0.6) is 0 Å². The smallest absolute Gasteiger partial charge is 0.344 e. The summed E-state index contributed by atoms with van der Waals surface area (Å²) in [5.74, 6) is -1.89. The lowest BCUT2D eigenvalue weighted by Gasteiger charge is -2.08. The molecule has 0 spiro atoms. The minimum Gasteiger partial charge on any atom is -0.428 e. The van der Waals surface area contributed by atoms with Gasteiger partial charge in [0.1, 0.15) is 5.57 Å². The highest BCUT2D eigenvalue weighted by Crippen LogP contribution is 2.27. The zero-order valence-electron chi connectivity index (χ0n) is 12.7. The van der Waals surface area contributed by atoms with Gasteiger partial charge in [-0.15, -0.1) is 0 Å². The summed E-state index contributed by atoms with van der Waals surface area (Å²) in [5.41, 5.74) is 0.185. The molecule has 0 atom stereocenters. The summed E-state index contributed by atoms with van der Waals surface area (Å²) in [6.07, 6.45) is 2.14. The molecule has 0 aliphatic rings. The molecule has 0 amide bonds. The fourth-order valence-electron chi connectivity index (χ4n) is 1.59. The summed E-state index contributed by atoms with van der Waals surface area (Å²) in [6.45, 7) is 2.48. The first-order valence-corrected chi connectivity index (χ1v) is 7.61. The first kappa shape index (κ1) is 19.2. The third-order valence-electron chi connectivity index (χ3n) is 2.74. The average Bonchev–Trinajstić information content (AvgIpc) is 2.48. The van der Waals surface area contributed by atoms with Crippen LogP contribution in [0.4, 0.5) is 0 Å². The molecule has 0 radical (unpaired) electrons. The summed E-state index contributed by atoms with van der Waals surface area (Å²) in [5, 5.41) is 0.514. The first-order valence-electron chi connectivity index (χ1n) is 6.86. The Morgan fingerprint density at radius 1 is 1.17 bits per heavy atom. The molecule has 5 nitrogen and oxygen atoms in total. The third-order valence-corrected chi connectivity index (χ3v) is 3.58. The van der Waals surface area contributed by atoms with Crippen LogP contribution in [0.1, 0.15) is 32.3 Å². The van der Waals surface area contributed by atoms with Crippen LogP contribution in [0.25, 0.3) is 6.08 Å². The van der Waals surface area contributed by atoms with Crippen molar-refractivity contribution in [3.63, 3.8) is 0 Å². The number of carbonyl (C=O) groups is 3. The van der Waals surface area contributed by atoms with Gasteiger partial charge in [0.25, 0.3) is 0 Å². The number of hydrogen-bond donors (Lipinski definition) is 0. The van der Waals surface area contributed by atoms with E-state index < -0.39 is 24.5 Å². The van der Waals surface area contributed by atoms with Gasteiger partial charge in [0.05, 0.1) is 10.0 Å². The standard InChI is InChI=1S/C16H16Cl2O5/c1-3-5-14(20)22-9-23-16(21)12(10(2)19)8-11-6-4-7-13(17)15(11)18/h4,6-8H,3,5,9H2,1-2H3/b12-8-. The maximum atomic E-state index is 11.9. The van der Waals surface area contributed by atoms with Crippen LogP contribution in [0.15, 0.2) is 23.8 Å². The number of hydrogen-bond acceptors (Lipinski definition) is 5. The average molecular weight is 359 g/mol. The number of Topliss-reactive ketones (excluding diaryl/α,β-unsaturated/α-hetero) is 1. The Hall–Kier alpha value is -1.85. The molecule has 1 rings (SSSR count). The second kappa shape index (κ2) is 9.33. The molecule has 0 N–H and O–H groups in total. The quantitative estimate of drug-likeness (QED) is 0.243. The number of ether oxygens (including phenoxy) is 2. The van der Waals surface area contributed by atoms with Crippen molar-refractivity contribution < 1.29 is 23.9 Å². The minimum absolute atomic E-state index is 0.218. The molecular formula is C16H16Cl2O5.